The predicted molar refractivity (Wildman–Crippen MR) is 153 cm³/mol. The van der Waals surface area contributed by atoms with Crippen LogP contribution in [0.4, 0.5) is 11.4 Å². The SMILES string of the molecule is CCOC(CCC(=O)c1cc(OC)c(Cl)c([N+](=O)[O-])c1Cl)OCC.COc1cc(-c2ncco2)c(Cl)c(N)c1Cl. The molecule has 0 aliphatic heterocycles. The second kappa shape index (κ2) is 15.8. The summed E-state index contributed by atoms with van der Waals surface area (Å²) in [5, 5.41) is 11.2. The van der Waals surface area contributed by atoms with Crippen molar-refractivity contribution in [1.82, 2.24) is 4.98 Å². The first-order valence-electron chi connectivity index (χ1n) is 11.7. The van der Waals surface area contributed by atoms with E-state index in [1.165, 1.54) is 32.7 Å². The lowest BCUT2D eigenvalue weighted by molar-refractivity contribution is -0.384. The molecule has 0 bridgehead atoms. The molecule has 15 heteroatoms. The van der Waals surface area contributed by atoms with Crippen LogP contribution in [-0.4, -0.2) is 49.4 Å². The van der Waals surface area contributed by atoms with Crippen molar-refractivity contribution in [3.05, 3.63) is 60.4 Å². The molecule has 0 atom stereocenters. The summed E-state index contributed by atoms with van der Waals surface area (Å²) in [7, 11) is 2.79. The van der Waals surface area contributed by atoms with E-state index in [-0.39, 0.29) is 44.3 Å². The van der Waals surface area contributed by atoms with E-state index in [1.54, 1.807) is 6.07 Å². The Hall–Kier alpha value is -2.80. The van der Waals surface area contributed by atoms with Crippen LogP contribution in [0.25, 0.3) is 11.5 Å². The summed E-state index contributed by atoms with van der Waals surface area (Å²) in [5.74, 6) is 0.424. The first kappa shape index (κ1) is 33.4. The molecule has 0 radical (unpaired) electrons. The number of nitro groups is 1. The Balaban J connectivity index is 0.000000302. The molecule has 0 spiro atoms. The van der Waals surface area contributed by atoms with Crippen molar-refractivity contribution in [2.24, 2.45) is 0 Å². The van der Waals surface area contributed by atoms with E-state index in [0.29, 0.717) is 41.9 Å². The highest BCUT2D eigenvalue weighted by Crippen LogP contribution is 2.43. The number of rotatable bonds is 12. The van der Waals surface area contributed by atoms with Crippen LogP contribution < -0.4 is 15.2 Å². The van der Waals surface area contributed by atoms with Crippen LogP contribution in [0.3, 0.4) is 0 Å². The molecular formula is C25H27Cl4N3O8. The number of Topliss-reactive ketones (excluding diaryl/α,β-unsaturated/α-hetero) is 1. The number of nitro benzene ring substituents is 1. The highest BCUT2D eigenvalue weighted by molar-refractivity contribution is 6.42. The van der Waals surface area contributed by atoms with Gasteiger partial charge < -0.3 is 29.1 Å². The van der Waals surface area contributed by atoms with Gasteiger partial charge in [0.2, 0.25) is 5.89 Å². The Morgan fingerprint density at radius 1 is 1.02 bits per heavy atom. The number of benzene rings is 2. The van der Waals surface area contributed by atoms with Crippen molar-refractivity contribution in [2.75, 3.05) is 33.2 Å². The van der Waals surface area contributed by atoms with Gasteiger partial charge >= 0.3 is 5.69 Å². The van der Waals surface area contributed by atoms with Crippen molar-refractivity contribution in [2.45, 2.75) is 33.0 Å². The van der Waals surface area contributed by atoms with Crippen LogP contribution in [0.2, 0.25) is 20.1 Å². The molecule has 0 fully saturated rings. The maximum absolute atomic E-state index is 12.4. The zero-order valence-electron chi connectivity index (χ0n) is 22.0. The van der Waals surface area contributed by atoms with E-state index in [2.05, 4.69) is 4.98 Å². The largest absolute Gasteiger partial charge is 0.495 e. The Morgan fingerprint density at radius 2 is 1.62 bits per heavy atom. The monoisotopic (exact) mass is 637 g/mol. The van der Waals surface area contributed by atoms with E-state index < -0.39 is 16.9 Å². The quantitative estimate of drug-likeness (QED) is 0.0694. The Morgan fingerprint density at radius 3 is 2.12 bits per heavy atom. The van der Waals surface area contributed by atoms with Crippen molar-refractivity contribution in [3.63, 3.8) is 0 Å². The fourth-order valence-corrected chi connectivity index (χ4v) is 4.54. The topological polar surface area (TPSA) is 149 Å². The minimum Gasteiger partial charge on any atom is -0.495 e. The van der Waals surface area contributed by atoms with Crippen LogP contribution >= 0.6 is 46.4 Å². The van der Waals surface area contributed by atoms with Gasteiger partial charge in [0.05, 0.1) is 41.6 Å². The molecule has 2 N–H and O–H groups in total. The first-order valence-corrected chi connectivity index (χ1v) is 13.2. The smallest absolute Gasteiger partial charge is 0.310 e. The molecule has 1 aromatic heterocycles. The summed E-state index contributed by atoms with van der Waals surface area (Å²) < 4.78 is 25.9. The van der Waals surface area contributed by atoms with Gasteiger partial charge in [-0.2, -0.15) is 0 Å². The maximum atomic E-state index is 12.4. The van der Waals surface area contributed by atoms with Crippen LogP contribution in [0.15, 0.2) is 29.0 Å². The number of aromatic nitrogens is 1. The number of nitrogens with zero attached hydrogens (tertiary/aromatic N) is 2. The van der Waals surface area contributed by atoms with Crippen molar-refractivity contribution in [3.8, 4) is 23.0 Å². The molecule has 0 amide bonds. The number of hydrogen-bond donors (Lipinski definition) is 1. The second-order valence-corrected chi connectivity index (χ2v) is 9.18. The van der Waals surface area contributed by atoms with Crippen LogP contribution in [-0.2, 0) is 9.47 Å². The number of oxazole rings is 1. The van der Waals surface area contributed by atoms with Crippen LogP contribution in [0.1, 0.15) is 37.0 Å². The Kier molecular flexibility index (Phi) is 13.2. The number of hydrogen-bond acceptors (Lipinski definition) is 10. The Labute approximate surface area is 250 Å². The average Bonchev–Trinajstić information content (AvgIpc) is 3.46. The third-order valence-electron chi connectivity index (χ3n) is 5.24. The normalized spacial score (nSPS) is 10.7. The molecule has 0 saturated heterocycles. The lowest BCUT2D eigenvalue weighted by Gasteiger charge is -2.16. The lowest BCUT2D eigenvalue weighted by atomic mass is 10.0. The molecule has 0 unspecified atom stereocenters. The zero-order valence-corrected chi connectivity index (χ0v) is 25.0. The molecule has 2 aromatic carbocycles. The van der Waals surface area contributed by atoms with E-state index in [4.69, 9.17) is 75.5 Å². The number of ketones is 1. The lowest BCUT2D eigenvalue weighted by Crippen LogP contribution is -2.19. The molecule has 0 saturated carbocycles. The number of ether oxygens (including phenoxy) is 4. The molecule has 3 rings (SSSR count). The van der Waals surface area contributed by atoms with E-state index >= 15 is 0 Å². The van der Waals surface area contributed by atoms with E-state index in [1.807, 2.05) is 13.8 Å². The molecule has 0 aliphatic rings. The molecular weight excluding hydrogens is 612 g/mol. The molecule has 11 nitrogen and oxygen atoms in total. The number of nitrogen functional groups attached to an aromatic ring is 1. The number of anilines is 1. The summed E-state index contributed by atoms with van der Waals surface area (Å²) in [6.07, 6.45) is 2.79. The number of halogens is 4. The van der Waals surface area contributed by atoms with E-state index in [0.717, 1.165) is 0 Å². The maximum Gasteiger partial charge on any atom is 0.310 e. The molecule has 0 aliphatic carbocycles. The van der Waals surface area contributed by atoms with Crippen molar-refractivity contribution >= 4 is 63.6 Å². The van der Waals surface area contributed by atoms with Gasteiger partial charge in [-0.15, -0.1) is 0 Å². The van der Waals surface area contributed by atoms with Gasteiger partial charge in [0.15, 0.2) is 17.1 Å². The zero-order chi connectivity index (χ0) is 30.0. The van der Waals surface area contributed by atoms with Gasteiger partial charge in [-0.3, -0.25) is 14.9 Å². The van der Waals surface area contributed by atoms with Gasteiger partial charge in [0.1, 0.15) is 27.8 Å². The van der Waals surface area contributed by atoms with Gasteiger partial charge in [-0.1, -0.05) is 46.4 Å². The van der Waals surface area contributed by atoms with Crippen LogP contribution in [0.5, 0.6) is 11.5 Å². The fourth-order valence-electron chi connectivity index (χ4n) is 3.37. The number of carbonyl (C=O) groups excluding carboxylic acids is 1. The highest BCUT2D eigenvalue weighted by atomic mass is 35.5. The fraction of sp³-hybridized carbons (Fsp3) is 0.360. The summed E-state index contributed by atoms with van der Waals surface area (Å²) in [5.41, 5.74) is 5.98. The summed E-state index contributed by atoms with van der Waals surface area (Å²) >= 11 is 23.9. The van der Waals surface area contributed by atoms with Gasteiger partial charge in [0.25, 0.3) is 0 Å². The Bertz CT molecular complexity index is 1320. The molecule has 40 heavy (non-hydrogen) atoms. The standard InChI is InChI=1S/C15H19Cl2NO6.C10H8Cl2N2O2/c1-4-23-12(24-5-2)7-6-10(19)9-8-11(22-3)14(17)15(13(9)16)18(20)21;1-15-6-4-5(10-14-2-3-16-10)7(11)9(13)8(6)12/h8,12H,4-7H2,1-3H3;2-4H,13H2,1H3. The minimum absolute atomic E-state index is 0.0160. The first-order chi connectivity index (χ1) is 19.0. The summed E-state index contributed by atoms with van der Waals surface area (Å²) in [4.78, 5) is 26.8. The number of nitrogens with two attached hydrogens (primary N) is 1. The molecule has 3 aromatic rings. The summed E-state index contributed by atoms with van der Waals surface area (Å²) in [6, 6.07) is 2.93. The van der Waals surface area contributed by atoms with Crippen LogP contribution in [0, 0.1) is 10.1 Å². The molecule has 1 heterocycles. The van der Waals surface area contributed by atoms with Crippen molar-refractivity contribution in [1.29, 1.82) is 0 Å². The molecule has 218 valence electrons. The number of methoxy groups -OCH3 is 2. The van der Waals surface area contributed by atoms with Gasteiger partial charge in [-0.25, -0.2) is 4.98 Å². The second-order valence-electron chi connectivity index (χ2n) is 7.67. The predicted octanol–water partition coefficient (Wildman–Crippen LogP) is 7.51. The average molecular weight is 639 g/mol. The van der Waals surface area contributed by atoms with Gasteiger partial charge in [-0.05, 0) is 26.0 Å². The third kappa shape index (κ3) is 8.12. The number of carbonyl (C=O) groups is 1. The third-order valence-corrected chi connectivity index (χ3v) is 6.79. The summed E-state index contributed by atoms with van der Waals surface area (Å²) in [6.45, 7) is 4.52. The van der Waals surface area contributed by atoms with E-state index in [9.17, 15) is 14.9 Å². The van der Waals surface area contributed by atoms with Gasteiger partial charge in [0, 0.05) is 31.6 Å². The minimum atomic E-state index is -0.743. The highest BCUT2D eigenvalue weighted by Gasteiger charge is 2.28. The van der Waals surface area contributed by atoms with Crippen molar-refractivity contribution < 1.29 is 33.1 Å².